The van der Waals surface area contributed by atoms with Crippen LogP contribution in [0.4, 0.5) is 0 Å². The second kappa shape index (κ2) is 7.87. The van der Waals surface area contributed by atoms with E-state index < -0.39 is 5.25 Å². The van der Waals surface area contributed by atoms with Gasteiger partial charge >= 0.3 is 5.97 Å². The van der Waals surface area contributed by atoms with Gasteiger partial charge in [0.2, 0.25) is 5.89 Å². The molecule has 23 heavy (non-hydrogen) atoms. The summed E-state index contributed by atoms with van der Waals surface area (Å²) in [5, 5.41) is 7.80. The second-order valence-electron chi connectivity index (χ2n) is 4.49. The van der Waals surface area contributed by atoms with Gasteiger partial charge < -0.3 is 18.6 Å². The molecule has 0 spiro atoms. The van der Waals surface area contributed by atoms with Crippen LogP contribution in [-0.2, 0) is 9.53 Å². The molecule has 0 fully saturated rings. The number of methoxy groups -OCH3 is 2. The summed E-state index contributed by atoms with van der Waals surface area (Å²) in [4.78, 5) is 11.6. The number of hydrogen-bond acceptors (Lipinski definition) is 8. The van der Waals surface area contributed by atoms with Crippen molar-refractivity contribution in [3.05, 3.63) is 18.2 Å². The number of carbonyl (C=O) groups excluding carboxylic acids is 1. The van der Waals surface area contributed by atoms with Gasteiger partial charge in [0.05, 0.1) is 20.8 Å². The van der Waals surface area contributed by atoms with E-state index in [0.717, 1.165) is 11.8 Å². The molecule has 0 aliphatic rings. The number of rotatable bonds is 7. The van der Waals surface area contributed by atoms with E-state index in [1.54, 1.807) is 46.3 Å². The van der Waals surface area contributed by atoms with Crippen molar-refractivity contribution >= 4 is 17.7 Å². The van der Waals surface area contributed by atoms with E-state index in [-0.39, 0.29) is 5.97 Å². The van der Waals surface area contributed by atoms with Crippen molar-refractivity contribution in [2.75, 3.05) is 20.8 Å². The third kappa shape index (κ3) is 4.38. The first-order valence-electron chi connectivity index (χ1n) is 6.97. The zero-order valence-electron chi connectivity index (χ0n) is 13.4. The van der Waals surface area contributed by atoms with Gasteiger partial charge in [-0.15, -0.1) is 10.2 Å². The fraction of sp³-hybridized carbons (Fsp3) is 0.400. The van der Waals surface area contributed by atoms with Crippen LogP contribution in [0.5, 0.6) is 11.5 Å². The molecule has 2 rings (SSSR count). The van der Waals surface area contributed by atoms with Crippen LogP contribution in [0.2, 0.25) is 0 Å². The lowest BCUT2D eigenvalue weighted by atomic mass is 10.2. The molecule has 1 atom stereocenters. The number of thioether (sulfide) groups is 1. The Labute approximate surface area is 138 Å². The van der Waals surface area contributed by atoms with E-state index >= 15 is 0 Å². The molecule has 1 heterocycles. The first-order chi connectivity index (χ1) is 11.1. The number of benzene rings is 1. The number of carbonyl (C=O) groups is 1. The minimum absolute atomic E-state index is 0.294. The lowest BCUT2D eigenvalue weighted by molar-refractivity contribution is -0.142. The summed E-state index contributed by atoms with van der Waals surface area (Å²) < 4.78 is 21.0. The molecule has 7 nitrogen and oxygen atoms in total. The van der Waals surface area contributed by atoms with E-state index in [0.29, 0.717) is 34.8 Å². The SMILES string of the molecule is CCOC(=O)[C@H](C)Sc1nnc(-c2cc(OC)cc(OC)c2)o1. The Morgan fingerprint density at radius 3 is 2.43 bits per heavy atom. The monoisotopic (exact) mass is 338 g/mol. The molecule has 0 N–H and O–H groups in total. The van der Waals surface area contributed by atoms with E-state index in [2.05, 4.69) is 10.2 Å². The van der Waals surface area contributed by atoms with Crippen LogP contribution in [-0.4, -0.2) is 42.2 Å². The Hall–Kier alpha value is -2.22. The van der Waals surface area contributed by atoms with Crippen LogP contribution < -0.4 is 9.47 Å². The highest BCUT2D eigenvalue weighted by Gasteiger charge is 2.20. The molecule has 0 amide bonds. The number of hydrogen-bond donors (Lipinski definition) is 0. The van der Waals surface area contributed by atoms with Crippen molar-refractivity contribution in [1.82, 2.24) is 10.2 Å². The van der Waals surface area contributed by atoms with Crippen molar-refractivity contribution in [3.8, 4) is 23.0 Å². The molecular weight excluding hydrogens is 320 g/mol. The van der Waals surface area contributed by atoms with Gasteiger partial charge in [-0.05, 0) is 26.0 Å². The molecule has 0 aliphatic carbocycles. The average Bonchev–Trinajstić information content (AvgIpc) is 3.03. The molecule has 0 radical (unpaired) electrons. The largest absolute Gasteiger partial charge is 0.497 e. The summed E-state index contributed by atoms with van der Waals surface area (Å²) in [6.45, 7) is 3.82. The number of esters is 1. The number of nitrogens with zero attached hydrogens (tertiary/aromatic N) is 2. The van der Waals surface area contributed by atoms with Gasteiger partial charge in [0.1, 0.15) is 16.7 Å². The van der Waals surface area contributed by atoms with Gasteiger partial charge in [0, 0.05) is 11.6 Å². The molecule has 0 bridgehead atoms. The summed E-state index contributed by atoms with van der Waals surface area (Å²) in [7, 11) is 3.13. The van der Waals surface area contributed by atoms with E-state index in [9.17, 15) is 4.79 Å². The van der Waals surface area contributed by atoms with Crippen molar-refractivity contribution < 1.29 is 23.4 Å². The van der Waals surface area contributed by atoms with Crippen molar-refractivity contribution in [2.24, 2.45) is 0 Å². The Morgan fingerprint density at radius 1 is 1.22 bits per heavy atom. The summed E-state index contributed by atoms with van der Waals surface area (Å²) in [6, 6.07) is 5.27. The third-order valence-electron chi connectivity index (χ3n) is 2.90. The second-order valence-corrected chi connectivity index (χ2v) is 5.78. The van der Waals surface area contributed by atoms with E-state index in [1.165, 1.54) is 0 Å². The normalized spacial score (nSPS) is 11.8. The third-order valence-corrected chi connectivity index (χ3v) is 3.81. The van der Waals surface area contributed by atoms with Crippen molar-refractivity contribution in [3.63, 3.8) is 0 Å². The minimum atomic E-state index is -0.428. The van der Waals surface area contributed by atoms with Crippen LogP contribution in [0.1, 0.15) is 13.8 Å². The molecule has 8 heteroatoms. The summed E-state index contributed by atoms with van der Waals surface area (Å²) in [6.07, 6.45) is 0. The zero-order chi connectivity index (χ0) is 16.8. The molecule has 2 aromatic rings. The Kier molecular flexibility index (Phi) is 5.86. The highest BCUT2D eigenvalue weighted by atomic mass is 32.2. The van der Waals surface area contributed by atoms with Crippen LogP contribution in [0.3, 0.4) is 0 Å². The van der Waals surface area contributed by atoms with Crippen LogP contribution in [0, 0.1) is 0 Å². The Morgan fingerprint density at radius 2 is 1.87 bits per heavy atom. The first-order valence-corrected chi connectivity index (χ1v) is 7.85. The van der Waals surface area contributed by atoms with E-state index in [4.69, 9.17) is 18.6 Å². The minimum Gasteiger partial charge on any atom is -0.497 e. The quantitative estimate of drug-likeness (QED) is 0.563. The smallest absolute Gasteiger partial charge is 0.319 e. The molecular formula is C15H18N2O5S. The standard InChI is InChI=1S/C15H18N2O5S/c1-5-21-14(18)9(2)23-15-17-16-13(22-15)10-6-11(19-3)8-12(7-10)20-4/h6-9H,5H2,1-4H3/t9-/m0/s1. The molecule has 124 valence electrons. The Balaban J connectivity index is 2.17. The van der Waals surface area contributed by atoms with Gasteiger partial charge in [-0.25, -0.2) is 0 Å². The van der Waals surface area contributed by atoms with Crippen molar-refractivity contribution in [2.45, 2.75) is 24.3 Å². The first kappa shape index (κ1) is 17.1. The van der Waals surface area contributed by atoms with Crippen molar-refractivity contribution in [1.29, 1.82) is 0 Å². The summed E-state index contributed by atoms with van der Waals surface area (Å²) in [5.74, 6) is 1.24. The number of aromatic nitrogens is 2. The molecule has 0 aliphatic heterocycles. The van der Waals surface area contributed by atoms with Crippen LogP contribution >= 0.6 is 11.8 Å². The molecule has 1 aromatic carbocycles. The molecule has 0 unspecified atom stereocenters. The van der Waals surface area contributed by atoms with Gasteiger partial charge in [-0.3, -0.25) is 4.79 Å². The van der Waals surface area contributed by atoms with Gasteiger partial charge in [0.15, 0.2) is 0 Å². The van der Waals surface area contributed by atoms with Crippen LogP contribution in [0.25, 0.3) is 11.5 Å². The summed E-state index contributed by atoms with van der Waals surface area (Å²) in [5.41, 5.74) is 0.671. The van der Waals surface area contributed by atoms with Gasteiger partial charge in [-0.1, -0.05) is 11.8 Å². The molecule has 0 saturated heterocycles. The topological polar surface area (TPSA) is 83.7 Å². The maximum Gasteiger partial charge on any atom is 0.319 e. The highest BCUT2D eigenvalue weighted by molar-refractivity contribution is 8.00. The van der Waals surface area contributed by atoms with E-state index in [1.807, 2.05) is 0 Å². The summed E-state index contributed by atoms with van der Waals surface area (Å²) >= 11 is 1.15. The highest BCUT2D eigenvalue weighted by Crippen LogP contribution is 2.31. The fourth-order valence-electron chi connectivity index (χ4n) is 1.76. The average molecular weight is 338 g/mol. The zero-order valence-corrected chi connectivity index (χ0v) is 14.2. The van der Waals surface area contributed by atoms with Gasteiger partial charge in [0.25, 0.3) is 5.22 Å². The lowest BCUT2D eigenvalue weighted by Gasteiger charge is -2.07. The predicted molar refractivity (Wildman–Crippen MR) is 84.8 cm³/mol. The van der Waals surface area contributed by atoms with Crippen LogP contribution in [0.15, 0.2) is 27.8 Å². The lowest BCUT2D eigenvalue weighted by Crippen LogP contribution is -2.16. The number of ether oxygens (including phenoxy) is 3. The molecule has 0 saturated carbocycles. The maximum absolute atomic E-state index is 11.6. The van der Waals surface area contributed by atoms with Gasteiger partial charge in [-0.2, -0.15) is 0 Å². The maximum atomic E-state index is 11.6. The fourth-order valence-corrected chi connectivity index (χ4v) is 2.45. The predicted octanol–water partition coefficient (Wildman–Crippen LogP) is 2.80. The Bertz CT molecular complexity index is 651. The molecule has 1 aromatic heterocycles.